The highest BCUT2D eigenvalue weighted by atomic mass is 19.1. The summed E-state index contributed by atoms with van der Waals surface area (Å²) in [4.78, 5) is 16.4. The second kappa shape index (κ2) is 8.43. The molecule has 2 heterocycles. The third-order valence-corrected chi connectivity index (χ3v) is 4.23. The first-order valence-electron chi connectivity index (χ1n) is 8.59. The zero-order chi connectivity index (χ0) is 18.4. The standard InChI is InChI=1S/C21H21FN2O2/c1-15-8-10-23-18(13-15)14-21(25)24-11-9-19(20-3-2-12-26-20)16-4-6-17(22)7-5-16/h2-8,10,12-13,19H,9,11,14H2,1H3,(H,24,25). The molecule has 3 aromatic rings. The lowest BCUT2D eigenvalue weighted by Gasteiger charge is -2.15. The third kappa shape index (κ3) is 4.79. The summed E-state index contributed by atoms with van der Waals surface area (Å²) >= 11 is 0. The van der Waals surface area contributed by atoms with Gasteiger partial charge in [-0.25, -0.2) is 4.39 Å². The zero-order valence-corrected chi connectivity index (χ0v) is 14.6. The normalized spacial score (nSPS) is 11.9. The number of aryl methyl sites for hydroxylation is 1. The number of aromatic nitrogens is 1. The van der Waals surface area contributed by atoms with Gasteiger partial charge in [-0.05, 0) is 60.9 Å². The van der Waals surface area contributed by atoms with Crippen molar-refractivity contribution in [3.63, 3.8) is 0 Å². The molecule has 0 spiro atoms. The van der Waals surface area contributed by atoms with Gasteiger partial charge in [0.2, 0.25) is 5.91 Å². The van der Waals surface area contributed by atoms with Gasteiger partial charge in [0.25, 0.3) is 0 Å². The summed E-state index contributed by atoms with van der Waals surface area (Å²) in [6.45, 7) is 2.47. The molecule has 0 aliphatic heterocycles. The van der Waals surface area contributed by atoms with Crippen LogP contribution in [-0.4, -0.2) is 17.4 Å². The number of amides is 1. The Morgan fingerprint density at radius 2 is 2.04 bits per heavy atom. The maximum Gasteiger partial charge on any atom is 0.226 e. The van der Waals surface area contributed by atoms with Crippen molar-refractivity contribution >= 4 is 5.91 Å². The van der Waals surface area contributed by atoms with Crippen LogP contribution in [0.15, 0.2) is 65.4 Å². The number of hydrogen-bond acceptors (Lipinski definition) is 3. The molecule has 0 fully saturated rings. The molecule has 0 bridgehead atoms. The minimum absolute atomic E-state index is 0.0389. The number of carbonyl (C=O) groups is 1. The second-order valence-corrected chi connectivity index (χ2v) is 6.26. The van der Waals surface area contributed by atoms with Gasteiger partial charge in [0.05, 0.1) is 12.7 Å². The fourth-order valence-electron chi connectivity index (χ4n) is 2.94. The number of halogens is 1. The summed E-state index contributed by atoms with van der Waals surface area (Å²) < 4.78 is 18.7. The van der Waals surface area contributed by atoms with Crippen LogP contribution in [0.2, 0.25) is 0 Å². The highest BCUT2D eigenvalue weighted by Crippen LogP contribution is 2.28. The Morgan fingerprint density at radius 3 is 2.73 bits per heavy atom. The Balaban J connectivity index is 1.59. The summed E-state index contributed by atoms with van der Waals surface area (Å²) in [5.74, 6) is 0.417. The summed E-state index contributed by atoms with van der Waals surface area (Å²) in [7, 11) is 0. The van der Waals surface area contributed by atoms with Gasteiger partial charge in [-0.15, -0.1) is 0 Å². The van der Waals surface area contributed by atoms with E-state index in [2.05, 4.69) is 10.3 Å². The van der Waals surface area contributed by atoms with E-state index in [0.29, 0.717) is 13.0 Å². The van der Waals surface area contributed by atoms with Crippen molar-refractivity contribution in [3.8, 4) is 0 Å². The first-order chi connectivity index (χ1) is 12.6. The second-order valence-electron chi connectivity index (χ2n) is 6.26. The molecule has 134 valence electrons. The highest BCUT2D eigenvalue weighted by Gasteiger charge is 2.17. The Hall–Kier alpha value is -2.95. The van der Waals surface area contributed by atoms with Gasteiger partial charge in [-0.1, -0.05) is 12.1 Å². The summed E-state index contributed by atoms with van der Waals surface area (Å²) in [5, 5.41) is 2.93. The van der Waals surface area contributed by atoms with E-state index in [0.717, 1.165) is 22.6 Å². The van der Waals surface area contributed by atoms with Crippen LogP contribution in [0.25, 0.3) is 0 Å². The summed E-state index contributed by atoms with van der Waals surface area (Å²) in [6.07, 6.45) is 4.24. The fraction of sp³-hybridized carbons (Fsp3) is 0.238. The smallest absolute Gasteiger partial charge is 0.226 e. The lowest BCUT2D eigenvalue weighted by molar-refractivity contribution is -0.120. The van der Waals surface area contributed by atoms with Crippen molar-refractivity contribution in [1.29, 1.82) is 0 Å². The molecule has 0 aliphatic carbocycles. The minimum atomic E-state index is -0.272. The Morgan fingerprint density at radius 1 is 1.23 bits per heavy atom. The zero-order valence-electron chi connectivity index (χ0n) is 14.6. The quantitative estimate of drug-likeness (QED) is 0.699. The Kier molecular flexibility index (Phi) is 5.79. The molecule has 26 heavy (non-hydrogen) atoms. The molecule has 5 heteroatoms. The average molecular weight is 352 g/mol. The first kappa shape index (κ1) is 17.9. The van der Waals surface area contributed by atoms with Crippen LogP contribution >= 0.6 is 0 Å². The number of benzene rings is 1. The van der Waals surface area contributed by atoms with Crippen molar-refractivity contribution in [2.45, 2.75) is 25.7 Å². The molecule has 0 aliphatic rings. The maximum atomic E-state index is 13.2. The van der Waals surface area contributed by atoms with Crippen LogP contribution in [-0.2, 0) is 11.2 Å². The van der Waals surface area contributed by atoms with Gasteiger partial charge in [0.15, 0.2) is 0 Å². The molecular weight excluding hydrogens is 331 g/mol. The molecule has 0 saturated carbocycles. The number of nitrogens with zero attached hydrogens (tertiary/aromatic N) is 1. The molecule has 2 aromatic heterocycles. The van der Waals surface area contributed by atoms with E-state index in [1.807, 2.05) is 31.2 Å². The van der Waals surface area contributed by atoms with E-state index >= 15 is 0 Å². The molecular formula is C21H21FN2O2. The molecule has 1 unspecified atom stereocenters. The number of hydrogen-bond donors (Lipinski definition) is 1. The van der Waals surface area contributed by atoms with Crippen molar-refractivity contribution in [3.05, 3.63) is 89.4 Å². The predicted octanol–water partition coefficient (Wildman–Crippen LogP) is 4.00. The van der Waals surface area contributed by atoms with E-state index in [1.54, 1.807) is 24.6 Å². The number of rotatable bonds is 7. The summed E-state index contributed by atoms with van der Waals surface area (Å²) in [6, 6.07) is 13.9. The maximum absolute atomic E-state index is 13.2. The van der Waals surface area contributed by atoms with Crippen molar-refractivity contribution < 1.29 is 13.6 Å². The average Bonchev–Trinajstić information content (AvgIpc) is 3.14. The fourth-order valence-corrected chi connectivity index (χ4v) is 2.94. The SMILES string of the molecule is Cc1ccnc(CC(=O)NCCC(c2ccc(F)cc2)c2ccco2)c1. The molecule has 0 radical (unpaired) electrons. The number of furan rings is 1. The largest absolute Gasteiger partial charge is 0.469 e. The molecule has 1 aromatic carbocycles. The lowest BCUT2D eigenvalue weighted by atomic mass is 9.93. The third-order valence-electron chi connectivity index (χ3n) is 4.23. The number of carbonyl (C=O) groups excluding carboxylic acids is 1. The van der Waals surface area contributed by atoms with Crippen LogP contribution in [0.1, 0.15) is 34.9 Å². The van der Waals surface area contributed by atoms with Gasteiger partial charge in [0, 0.05) is 24.4 Å². The number of nitrogens with one attached hydrogen (secondary N) is 1. The van der Waals surface area contributed by atoms with Crippen LogP contribution in [0.4, 0.5) is 4.39 Å². The van der Waals surface area contributed by atoms with Crippen molar-refractivity contribution in [2.24, 2.45) is 0 Å². The Labute approximate surface area is 152 Å². The van der Waals surface area contributed by atoms with Crippen molar-refractivity contribution in [2.75, 3.05) is 6.54 Å². The molecule has 1 atom stereocenters. The Bertz CT molecular complexity index is 845. The van der Waals surface area contributed by atoms with E-state index < -0.39 is 0 Å². The van der Waals surface area contributed by atoms with Crippen LogP contribution in [0.5, 0.6) is 0 Å². The van der Waals surface area contributed by atoms with Crippen molar-refractivity contribution in [1.82, 2.24) is 10.3 Å². The van der Waals surface area contributed by atoms with Crippen LogP contribution < -0.4 is 5.32 Å². The van der Waals surface area contributed by atoms with Crippen LogP contribution in [0, 0.1) is 12.7 Å². The van der Waals surface area contributed by atoms with Gasteiger partial charge >= 0.3 is 0 Å². The van der Waals surface area contributed by atoms with E-state index in [4.69, 9.17) is 4.42 Å². The summed E-state index contributed by atoms with van der Waals surface area (Å²) in [5.41, 5.74) is 2.79. The highest BCUT2D eigenvalue weighted by molar-refractivity contribution is 5.78. The van der Waals surface area contributed by atoms with Gasteiger partial charge in [-0.2, -0.15) is 0 Å². The monoisotopic (exact) mass is 352 g/mol. The minimum Gasteiger partial charge on any atom is -0.469 e. The van der Waals surface area contributed by atoms with Gasteiger partial charge < -0.3 is 9.73 Å². The van der Waals surface area contributed by atoms with E-state index in [-0.39, 0.29) is 24.1 Å². The molecule has 1 amide bonds. The topological polar surface area (TPSA) is 55.1 Å². The van der Waals surface area contributed by atoms with Gasteiger partial charge in [-0.3, -0.25) is 9.78 Å². The molecule has 4 nitrogen and oxygen atoms in total. The van der Waals surface area contributed by atoms with Gasteiger partial charge in [0.1, 0.15) is 11.6 Å². The first-order valence-corrected chi connectivity index (χ1v) is 8.59. The number of pyridine rings is 1. The van der Waals surface area contributed by atoms with E-state index in [1.165, 1.54) is 12.1 Å². The van der Waals surface area contributed by atoms with Crippen LogP contribution in [0.3, 0.4) is 0 Å². The molecule has 3 rings (SSSR count). The molecule has 1 N–H and O–H groups in total. The predicted molar refractivity (Wildman–Crippen MR) is 97.3 cm³/mol. The molecule has 0 saturated heterocycles. The van der Waals surface area contributed by atoms with E-state index in [9.17, 15) is 9.18 Å². The lowest BCUT2D eigenvalue weighted by Crippen LogP contribution is -2.27.